The molecule has 4 fully saturated rings. The van der Waals surface area contributed by atoms with Crippen LogP contribution >= 0.6 is 23.4 Å². The highest BCUT2D eigenvalue weighted by Gasteiger charge is 2.76. The number of rotatable bonds is 6. The van der Waals surface area contributed by atoms with E-state index < -0.39 is 27.4 Å². The minimum Gasteiger partial charge on any atom is -0.450 e. The molecule has 0 spiro atoms. The van der Waals surface area contributed by atoms with Crippen LogP contribution in [0.1, 0.15) is 59.3 Å². The van der Waals surface area contributed by atoms with E-state index in [0.29, 0.717) is 19.3 Å². The first-order valence-electron chi connectivity index (χ1n) is 15.5. The summed E-state index contributed by atoms with van der Waals surface area (Å²) in [4.78, 5) is 44.0. The molecule has 0 radical (unpaired) electrons. The number of ether oxygens (including phenoxy) is 1. The van der Waals surface area contributed by atoms with Gasteiger partial charge in [-0.2, -0.15) is 0 Å². The number of thioether (sulfide) groups is 1. The Morgan fingerprint density at radius 3 is 2.65 bits per heavy atom. The number of esters is 1. The van der Waals surface area contributed by atoms with Gasteiger partial charge in [0, 0.05) is 22.1 Å². The second-order valence-corrected chi connectivity index (χ2v) is 15.5. The quantitative estimate of drug-likeness (QED) is 0.225. The summed E-state index contributed by atoms with van der Waals surface area (Å²) in [5.41, 5.74) is -1.05. The summed E-state index contributed by atoms with van der Waals surface area (Å²) in [7, 11) is 0. The number of alkyl halides is 1. The molecule has 0 bridgehead atoms. The van der Waals surface area contributed by atoms with Crippen molar-refractivity contribution in [2.75, 3.05) is 5.75 Å². The van der Waals surface area contributed by atoms with Gasteiger partial charge in [0.25, 0.3) is 0 Å². The van der Waals surface area contributed by atoms with Crippen molar-refractivity contribution in [1.82, 2.24) is 4.98 Å². The van der Waals surface area contributed by atoms with E-state index in [0.717, 1.165) is 34.3 Å². The number of fused-ring (bicyclic) bond motifs is 6. The highest BCUT2D eigenvalue weighted by atomic mass is 35.5. The lowest BCUT2D eigenvalue weighted by Gasteiger charge is -2.64. The predicted octanol–water partition coefficient (Wildman–Crippen LogP) is 6.47. The number of carbonyl (C=O) groups is 3. The fourth-order valence-electron chi connectivity index (χ4n) is 9.33. The number of hydrogen-bond acceptors (Lipinski definition) is 7. The summed E-state index contributed by atoms with van der Waals surface area (Å²) >= 11 is 9.00. The number of halogens is 1. The molecule has 1 N–H and O–H groups in total. The molecule has 4 unspecified atom stereocenters. The monoisotopic (exact) mass is 619 g/mol. The minimum atomic E-state index is -1.38. The molecule has 4 saturated carbocycles. The molecule has 0 amide bonds. The van der Waals surface area contributed by atoms with Crippen LogP contribution in [0.2, 0.25) is 0 Å². The molecular formula is C35H38ClNO5S. The Morgan fingerprint density at radius 1 is 1.12 bits per heavy atom. The number of aliphatic hydroxyl groups excluding tert-OH is 1. The van der Waals surface area contributed by atoms with Crippen molar-refractivity contribution in [3.8, 4) is 0 Å². The van der Waals surface area contributed by atoms with Crippen molar-refractivity contribution >= 4 is 51.8 Å². The number of aliphatic hydroxyl groups is 1. The third-order valence-electron chi connectivity index (χ3n) is 11.7. The fraction of sp³-hybridized carbons (Fsp3) is 0.543. The Morgan fingerprint density at radius 2 is 1.88 bits per heavy atom. The van der Waals surface area contributed by atoms with E-state index >= 15 is 0 Å². The number of hydrogen-bond donors (Lipinski definition) is 1. The maximum Gasteiger partial charge on any atom is 0.309 e. The molecule has 5 aliphatic carbocycles. The average molecular weight is 620 g/mol. The SMILES string of the molecule is C[C@@H]1CC2C3CCC4=CC(=O)C=CC4(C)[C@@]3(Cl)[C@@H](O)CC2(C)[C@@]1(OC(=O)C1CC1)C(=O)CSc1ccc2ccccc2n1. The summed E-state index contributed by atoms with van der Waals surface area (Å²) < 4.78 is 6.49. The Labute approximate surface area is 261 Å². The molecular weight excluding hydrogens is 582 g/mol. The van der Waals surface area contributed by atoms with Gasteiger partial charge in [-0.1, -0.05) is 68.4 Å². The topological polar surface area (TPSA) is 93.6 Å². The zero-order chi connectivity index (χ0) is 30.4. The van der Waals surface area contributed by atoms with Gasteiger partial charge in [-0.25, -0.2) is 4.98 Å². The molecule has 1 aromatic heterocycles. The van der Waals surface area contributed by atoms with Crippen molar-refractivity contribution in [2.45, 2.75) is 80.9 Å². The number of aromatic nitrogens is 1. The van der Waals surface area contributed by atoms with E-state index in [1.807, 2.05) is 63.2 Å². The zero-order valence-electron chi connectivity index (χ0n) is 24.8. The van der Waals surface area contributed by atoms with E-state index in [4.69, 9.17) is 21.3 Å². The van der Waals surface area contributed by atoms with Crippen LogP contribution < -0.4 is 0 Å². The Balaban J connectivity index is 1.25. The fourth-order valence-corrected chi connectivity index (χ4v) is 10.7. The van der Waals surface area contributed by atoms with E-state index in [-0.39, 0.29) is 53.4 Å². The first kappa shape index (κ1) is 29.2. The van der Waals surface area contributed by atoms with Crippen LogP contribution in [0.15, 0.2) is 65.2 Å². The van der Waals surface area contributed by atoms with Crippen molar-refractivity contribution in [3.05, 3.63) is 60.2 Å². The summed E-state index contributed by atoms with van der Waals surface area (Å²) in [6.45, 7) is 6.10. The molecule has 0 aliphatic heterocycles. The number of allylic oxidation sites excluding steroid dienone is 4. The van der Waals surface area contributed by atoms with Gasteiger partial charge in [-0.15, -0.1) is 11.6 Å². The molecule has 1 aromatic carbocycles. The summed E-state index contributed by atoms with van der Waals surface area (Å²) in [5, 5.41) is 13.8. The van der Waals surface area contributed by atoms with Gasteiger partial charge in [0.1, 0.15) is 0 Å². The maximum atomic E-state index is 14.6. The molecule has 2 aromatic rings. The molecule has 5 aliphatic rings. The van der Waals surface area contributed by atoms with Crippen LogP contribution in [0.4, 0.5) is 0 Å². The zero-order valence-corrected chi connectivity index (χ0v) is 26.4. The van der Waals surface area contributed by atoms with E-state index in [1.54, 1.807) is 12.2 Å². The molecule has 43 heavy (non-hydrogen) atoms. The summed E-state index contributed by atoms with van der Waals surface area (Å²) in [6.07, 6.45) is 8.02. The lowest BCUT2D eigenvalue weighted by Crippen LogP contribution is -2.69. The lowest BCUT2D eigenvalue weighted by atomic mass is 9.45. The van der Waals surface area contributed by atoms with Crippen LogP contribution in [0.5, 0.6) is 0 Å². The Hall–Kier alpha value is -2.48. The van der Waals surface area contributed by atoms with Crippen molar-refractivity contribution in [2.24, 2.45) is 34.5 Å². The lowest BCUT2D eigenvalue weighted by molar-refractivity contribution is -0.201. The third kappa shape index (κ3) is 4.10. The smallest absolute Gasteiger partial charge is 0.309 e. The maximum absolute atomic E-state index is 14.6. The largest absolute Gasteiger partial charge is 0.450 e. The van der Waals surface area contributed by atoms with E-state index in [1.165, 1.54) is 11.8 Å². The molecule has 8 heteroatoms. The molecule has 7 rings (SSSR count). The number of pyridine rings is 1. The molecule has 0 saturated heterocycles. The van der Waals surface area contributed by atoms with Gasteiger partial charge in [0.15, 0.2) is 17.2 Å². The molecule has 8 atom stereocenters. The van der Waals surface area contributed by atoms with E-state index in [9.17, 15) is 19.5 Å². The minimum absolute atomic E-state index is 0.0486. The van der Waals surface area contributed by atoms with Crippen LogP contribution in [0, 0.1) is 34.5 Å². The summed E-state index contributed by atoms with van der Waals surface area (Å²) in [5.74, 6) is -0.962. The van der Waals surface area contributed by atoms with Crippen LogP contribution in [0.25, 0.3) is 10.9 Å². The molecule has 1 heterocycles. The standard InChI is InChI=1S/C35H38ClNO5S/c1-20-16-26-25-12-11-23-17-24(38)14-15-32(23,2)34(25,36)28(39)18-33(26,3)35(20,42-31(41)22-8-9-22)29(40)19-43-30-13-10-21-6-4-5-7-27(21)37-30/h4-7,10,13-15,17,20,22,25-26,28,39H,8-9,11-12,16,18-19H2,1-3H3/t20-,25?,26?,28+,32?,33?,34+,35+/m1/s1. The number of nitrogens with zero attached hydrogens (tertiary/aromatic N) is 1. The number of ketones is 2. The van der Waals surface area contributed by atoms with Gasteiger partial charge in [-0.3, -0.25) is 14.4 Å². The Kier molecular flexibility index (Phi) is 6.81. The molecule has 226 valence electrons. The first-order valence-corrected chi connectivity index (χ1v) is 16.9. The predicted molar refractivity (Wildman–Crippen MR) is 167 cm³/mol. The normalized spacial score (nSPS) is 39.9. The highest BCUT2D eigenvalue weighted by molar-refractivity contribution is 7.99. The van der Waals surface area contributed by atoms with Crippen molar-refractivity contribution < 1.29 is 24.2 Å². The van der Waals surface area contributed by atoms with Gasteiger partial charge in [0.05, 0.1) is 33.2 Å². The van der Waals surface area contributed by atoms with Crippen LogP contribution in [-0.2, 0) is 19.1 Å². The van der Waals surface area contributed by atoms with Crippen molar-refractivity contribution in [1.29, 1.82) is 0 Å². The second kappa shape index (κ2) is 10.0. The van der Waals surface area contributed by atoms with Gasteiger partial charge in [-0.05, 0) is 74.6 Å². The summed E-state index contributed by atoms with van der Waals surface area (Å²) in [6, 6.07) is 11.8. The van der Waals surface area contributed by atoms with Crippen LogP contribution in [0.3, 0.4) is 0 Å². The van der Waals surface area contributed by atoms with Crippen molar-refractivity contribution in [3.63, 3.8) is 0 Å². The van der Waals surface area contributed by atoms with E-state index in [2.05, 4.69) is 0 Å². The number of carbonyl (C=O) groups excluding carboxylic acids is 3. The van der Waals surface area contributed by atoms with Gasteiger partial charge >= 0.3 is 5.97 Å². The number of para-hydroxylation sites is 1. The third-order valence-corrected chi connectivity index (χ3v) is 13.5. The molecule has 6 nitrogen and oxygen atoms in total. The second-order valence-electron chi connectivity index (χ2n) is 13.9. The number of Topliss-reactive ketones (excluding diaryl/α,β-unsaturated/α-hetero) is 1. The van der Waals surface area contributed by atoms with Gasteiger partial charge < -0.3 is 9.84 Å². The highest BCUT2D eigenvalue weighted by Crippen LogP contribution is 2.72. The van der Waals surface area contributed by atoms with Gasteiger partial charge in [0.2, 0.25) is 0 Å². The average Bonchev–Trinajstić information content (AvgIpc) is 3.81. The first-order chi connectivity index (χ1) is 20.4. The Bertz CT molecular complexity index is 1600. The number of benzene rings is 1. The van der Waals surface area contributed by atoms with Crippen LogP contribution in [-0.4, -0.2) is 50.0 Å².